The van der Waals surface area contributed by atoms with Crippen LogP contribution in [0, 0.1) is 0 Å². The highest BCUT2D eigenvalue weighted by atomic mass is 19.4. The van der Waals surface area contributed by atoms with Gasteiger partial charge in [0, 0.05) is 6.04 Å². The average molecular weight is 265 g/mol. The third-order valence-electron chi connectivity index (χ3n) is 2.19. The van der Waals surface area contributed by atoms with Gasteiger partial charge in [-0.1, -0.05) is 0 Å². The highest BCUT2D eigenvalue weighted by Gasteiger charge is 2.42. The fourth-order valence-corrected chi connectivity index (χ4v) is 1.46. The molecule has 1 aromatic rings. The van der Waals surface area contributed by atoms with Crippen LogP contribution in [0.2, 0.25) is 0 Å². The number of anilines is 1. The molecule has 2 N–H and O–H groups in total. The molecular weight excluding hydrogens is 251 g/mol. The minimum Gasteiger partial charge on any atom is -0.461 e. The molecular formula is C10H14F3N3O2. The Hall–Kier alpha value is -1.73. The third kappa shape index (κ3) is 2.57. The number of hydrogen-bond donors (Lipinski definition) is 1. The number of halogens is 3. The predicted molar refractivity (Wildman–Crippen MR) is 58.0 cm³/mol. The first kappa shape index (κ1) is 14.3. The summed E-state index contributed by atoms with van der Waals surface area (Å²) in [5.41, 5.74) is 3.36. The van der Waals surface area contributed by atoms with E-state index in [1.807, 2.05) is 0 Å². The molecule has 0 aliphatic carbocycles. The molecule has 0 aliphatic rings. The summed E-state index contributed by atoms with van der Waals surface area (Å²) in [5.74, 6) is -1.71. The number of carbonyl (C=O) groups is 1. The van der Waals surface area contributed by atoms with Gasteiger partial charge in [-0.15, -0.1) is 0 Å². The Morgan fingerprint density at radius 2 is 2.06 bits per heavy atom. The van der Waals surface area contributed by atoms with Crippen molar-refractivity contribution in [1.82, 2.24) is 9.78 Å². The van der Waals surface area contributed by atoms with Gasteiger partial charge in [0.1, 0.15) is 11.4 Å². The normalized spacial score (nSPS) is 11.9. The fraction of sp³-hybridized carbons (Fsp3) is 0.600. The van der Waals surface area contributed by atoms with E-state index < -0.39 is 35.3 Å². The van der Waals surface area contributed by atoms with Gasteiger partial charge in [-0.2, -0.15) is 18.3 Å². The van der Waals surface area contributed by atoms with Gasteiger partial charge in [-0.3, -0.25) is 0 Å². The number of esters is 1. The van der Waals surface area contributed by atoms with Crippen LogP contribution in [0.5, 0.6) is 0 Å². The molecule has 1 aromatic heterocycles. The smallest absolute Gasteiger partial charge is 0.422 e. The van der Waals surface area contributed by atoms with E-state index in [9.17, 15) is 18.0 Å². The fourth-order valence-electron chi connectivity index (χ4n) is 1.46. The lowest BCUT2D eigenvalue weighted by Crippen LogP contribution is -2.15. The monoisotopic (exact) mass is 265 g/mol. The summed E-state index contributed by atoms with van der Waals surface area (Å²) >= 11 is 0. The van der Waals surface area contributed by atoms with Crippen LogP contribution in [-0.4, -0.2) is 22.4 Å². The highest BCUT2D eigenvalue weighted by molar-refractivity contribution is 5.90. The minimum atomic E-state index is -4.75. The van der Waals surface area contributed by atoms with Crippen molar-refractivity contribution in [3.8, 4) is 0 Å². The van der Waals surface area contributed by atoms with Crippen molar-refractivity contribution in [2.75, 3.05) is 12.3 Å². The van der Waals surface area contributed by atoms with Crippen molar-refractivity contribution < 1.29 is 22.7 Å². The maximum Gasteiger partial charge on any atom is 0.422 e. The number of ether oxygens (including phenoxy) is 1. The summed E-state index contributed by atoms with van der Waals surface area (Å²) in [5, 5.41) is 3.59. The molecule has 0 atom stereocenters. The van der Waals surface area contributed by atoms with Gasteiger partial charge in [0.2, 0.25) is 0 Å². The van der Waals surface area contributed by atoms with Crippen molar-refractivity contribution >= 4 is 11.8 Å². The second-order valence-electron chi connectivity index (χ2n) is 3.87. The van der Waals surface area contributed by atoms with Crippen molar-refractivity contribution in [3.63, 3.8) is 0 Å². The lowest BCUT2D eigenvalue weighted by Gasteiger charge is -2.09. The first-order valence-electron chi connectivity index (χ1n) is 5.32. The van der Waals surface area contributed by atoms with Crippen LogP contribution in [0.3, 0.4) is 0 Å². The highest BCUT2D eigenvalue weighted by Crippen LogP contribution is 2.37. The molecule has 102 valence electrons. The van der Waals surface area contributed by atoms with Gasteiger partial charge in [0.05, 0.1) is 6.61 Å². The number of nitrogens with two attached hydrogens (primary N) is 1. The first-order chi connectivity index (χ1) is 8.20. The van der Waals surface area contributed by atoms with Crippen LogP contribution in [0.25, 0.3) is 0 Å². The van der Waals surface area contributed by atoms with Crippen LogP contribution in [0.4, 0.5) is 19.0 Å². The second kappa shape index (κ2) is 4.87. The Morgan fingerprint density at radius 3 is 2.44 bits per heavy atom. The van der Waals surface area contributed by atoms with Crippen molar-refractivity contribution in [1.29, 1.82) is 0 Å². The summed E-state index contributed by atoms with van der Waals surface area (Å²) in [6.07, 6.45) is -4.75. The summed E-state index contributed by atoms with van der Waals surface area (Å²) < 4.78 is 44.0. The van der Waals surface area contributed by atoms with E-state index in [2.05, 4.69) is 9.84 Å². The lowest BCUT2D eigenvalue weighted by atomic mass is 10.2. The number of carbonyl (C=O) groups excluding carboxylic acids is 1. The molecule has 18 heavy (non-hydrogen) atoms. The molecule has 0 radical (unpaired) electrons. The van der Waals surface area contributed by atoms with E-state index in [1.54, 1.807) is 13.8 Å². The molecule has 0 amide bonds. The zero-order valence-corrected chi connectivity index (χ0v) is 10.2. The van der Waals surface area contributed by atoms with Gasteiger partial charge in [-0.25, -0.2) is 9.48 Å². The second-order valence-corrected chi connectivity index (χ2v) is 3.87. The van der Waals surface area contributed by atoms with E-state index in [-0.39, 0.29) is 6.61 Å². The molecule has 0 aliphatic heterocycles. The molecule has 0 bridgehead atoms. The predicted octanol–water partition coefficient (Wildman–Crippen LogP) is 2.24. The quantitative estimate of drug-likeness (QED) is 0.851. The van der Waals surface area contributed by atoms with Crippen LogP contribution < -0.4 is 5.73 Å². The first-order valence-corrected chi connectivity index (χ1v) is 5.32. The Kier molecular flexibility index (Phi) is 3.88. The lowest BCUT2D eigenvalue weighted by molar-refractivity contribution is -0.137. The largest absolute Gasteiger partial charge is 0.461 e. The zero-order valence-electron chi connectivity index (χ0n) is 10.2. The van der Waals surface area contributed by atoms with Crippen LogP contribution in [-0.2, 0) is 10.9 Å². The van der Waals surface area contributed by atoms with E-state index in [1.165, 1.54) is 6.92 Å². The summed E-state index contributed by atoms with van der Waals surface area (Å²) in [6.45, 7) is 4.68. The van der Waals surface area contributed by atoms with Crippen LogP contribution in [0.15, 0.2) is 0 Å². The van der Waals surface area contributed by atoms with E-state index in [0.29, 0.717) is 0 Å². The number of aromatic nitrogens is 2. The Balaban J connectivity index is 3.41. The van der Waals surface area contributed by atoms with Crippen molar-refractivity contribution in [3.05, 3.63) is 11.3 Å². The molecule has 0 fully saturated rings. The van der Waals surface area contributed by atoms with Crippen molar-refractivity contribution in [2.24, 2.45) is 0 Å². The van der Waals surface area contributed by atoms with E-state index >= 15 is 0 Å². The van der Waals surface area contributed by atoms with Crippen LogP contribution in [0.1, 0.15) is 42.9 Å². The molecule has 5 nitrogen and oxygen atoms in total. The Bertz CT molecular complexity index is 452. The molecule has 8 heteroatoms. The van der Waals surface area contributed by atoms with E-state index in [0.717, 1.165) is 4.68 Å². The van der Waals surface area contributed by atoms with Gasteiger partial charge in [0.25, 0.3) is 0 Å². The van der Waals surface area contributed by atoms with E-state index in [4.69, 9.17) is 5.73 Å². The number of rotatable bonds is 3. The number of nitrogen functional groups attached to an aromatic ring is 1. The SMILES string of the molecule is CCOC(=O)c1nn(C(C)C)c(N)c1C(F)(F)F. The van der Waals surface area contributed by atoms with Gasteiger partial charge in [0.15, 0.2) is 5.69 Å². The number of hydrogen-bond acceptors (Lipinski definition) is 4. The molecule has 1 heterocycles. The molecule has 0 aromatic carbocycles. The van der Waals surface area contributed by atoms with Gasteiger partial charge >= 0.3 is 12.1 Å². The van der Waals surface area contributed by atoms with Crippen LogP contribution >= 0.6 is 0 Å². The number of alkyl halides is 3. The maximum absolute atomic E-state index is 12.8. The Labute approximate surface area is 102 Å². The van der Waals surface area contributed by atoms with Gasteiger partial charge in [-0.05, 0) is 20.8 Å². The summed E-state index contributed by atoms with van der Waals surface area (Å²) in [7, 11) is 0. The molecule has 0 saturated heterocycles. The van der Waals surface area contributed by atoms with Crippen molar-refractivity contribution in [2.45, 2.75) is 33.0 Å². The molecule has 0 spiro atoms. The maximum atomic E-state index is 12.8. The average Bonchev–Trinajstić information content (AvgIpc) is 2.55. The standard InChI is InChI=1S/C10H14F3N3O2/c1-4-18-9(17)7-6(10(11,12)13)8(14)16(15-7)5(2)3/h5H,4,14H2,1-3H3. The third-order valence-corrected chi connectivity index (χ3v) is 2.19. The summed E-state index contributed by atoms with van der Waals surface area (Å²) in [4.78, 5) is 11.4. The Morgan fingerprint density at radius 1 is 1.50 bits per heavy atom. The van der Waals surface area contributed by atoms with Gasteiger partial charge < -0.3 is 10.5 Å². The molecule has 0 unspecified atom stereocenters. The molecule has 1 rings (SSSR count). The summed E-state index contributed by atoms with van der Waals surface area (Å²) in [6, 6.07) is -0.394. The minimum absolute atomic E-state index is 0.0371. The number of nitrogens with zero attached hydrogens (tertiary/aromatic N) is 2. The topological polar surface area (TPSA) is 70.1 Å². The zero-order chi connectivity index (χ0) is 14.1. The molecule has 0 saturated carbocycles.